The van der Waals surface area contributed by atoms with Crippen molar-refractivity contribution in [2.24, 2.45) is 0 Å². The molecule has 2 heterocycles. The normalized spacial score (nSPS) is 16.4. The number of aromatic amines is 1. The molecule has 2 atom stereocenters. The quantitative estimate of drug-likeness (QED) is 0.293. The Kier molecular flexibility index (Phi) is 6.89. The Morgan fingerprint density at radius 3 is 2.56 bits per heavy atom. The van der Waals surface area contributed by atoms with E-state index in [0.717, 1.165) is 52.6 Å². The predicted molar refractivity (Wildman–Crippen MR) is 141 cm³/mol. The third kappa shape index (κ3) is 4.71. The first-order valence-corrected chi connectivity index (χ1v) is 13.4. The number of aromatic nitrogens is 1. The summed E-state index contributed by atoms with van der Waals surface area (Å²) in [5, 5.41) is 5.64. The van der Waals surface area contributed by atoms with E-state index in [1.807, 2.05) is 49.4 Å². The smallest absolute Gasteiger partial charge is 0.152 e. The van der Waals surface area contributed by atoms with Crippen LogP contribution in [0.25, 0.3) is 22.0 Å². The standard InChI is InChI=1S/C28H29ClN2O2S/c1-18-5-11-22(12-6-18)34(32)15-3-4-20-16-26-24(17-30-20)27-23(13-14-25(29)28(27)31-26)19-7-9-21(33-2)10-8-19/h5-14,20,30-31H,3-4,15-17H2,1-2H3. The Labute approximate surface area is 208 Å². The molecule has 4 aromatic rings. The molecule has 0 fully saturated rings. The number of hydrogen-bond donors (Lipinski definition) is 2. The van der Waals surface area contributed by atoms with Gasteiger partial charge in [0.15, 0.2) is 4.90 Å². The first kappa shape index (κ1) is 23.3. The van der Waals surface area contributed by atoms with E-state index in [9.17, 15) is 4.55 Å². The maximum absolute atomic E-state index is 12.6. The Balaban J connectivity index is 1.31. The van der Waals surface area contributed by atoms with Crippen molar-refractivity contribution >= 4 is 33.7 Å². The highest BCUT2D eigenvalue weighted by molar-refractivity contribution is 7.91. The van der Waals surface area contributed by atoms with Crippen LogP contribution < -0.4 is 10.1 Å². The largest absolute Gasteiger partial charge is 0.611 e. The van der Waals surface area contributed by atoms with Crippen LogP contribution in [0.5, 0.6) is 5.75 Å². The summed E-state index contributed by atoms with van der Waals surface area (Å²) < 4.78 is 17.9. The average Bonchev–Trinajstić information content (AvgIpc) is 3.24. The molecule has 0 saturated heterocycles. The van der Waals surface area contributed by atoms with E-state index < -0.39 is 11.2 Å². The van der Waals surface area contributed by atoms with Crippen molar-refractivity contribution in [1.82, 2.24) is 10.3 Å². The number of nitrogens with one attached hydrogen (secondary N) is 2. The van der Waals surface area contributed by atoms with Crippen LogP contribution in [-0.2, 0) is 24.1 Å². The fourth-order valence-electron chi connectivity index (χ4n) is 4.81. The van der Waals surface area contributed by atoms with Crippen molar-refractivity contribution in [2.45, 2.75) is 43.7 Å². The van der Waals surface area contributed by atoms with E-state index in [2.05, 4.69) is 28.5 Å². The van der Waals surface area contributed by atoms with Gasteiger partial charge in [-0.3, -0.25) is 0 Å². The van der Waals surface area contributed by atoms with Crippen LogP contribution >= 0.6 is 11.6 Å². The van der Waals surface area contributed by atoms with Gasteiger partial charge in [0.05, 0.1) is 17.6 Å². The van der Waals surface area contributed by atoms with Crippen LogP contribution in [0.15, 0.2) is 65.6 Å². The number of benzene rings is 3. The topological polar surface area (TPSA) is 60.1 Å². The summed E-state index contributed by atoms with van der Waals surface area (Å²) in [6, 6.07) is 20.6. The maximum atomic E-state index is 12.6. The minimum Gasteiger partial charge on any atom is -0.611 e. The molecule has 0 aliphatic carbocycles. The van der Waals surface area contributed by atoms with Gasteiger partial charge in [0.1, 0.15) is 11.5 Å². The maximum Gasteiger partial charge on any atom is 0.152 e. The second kappa shape index (κ2) is 10.0. The molecule has 3 aromatic carbocycles. The third-order valence-corrected chi connectivity index (χ3v) is 8.45. The molecule has 0 radical (unpaired) electrons. The number of fused-ring (bicyclic) bond motifs is 3. The molecule has 0 spiro atoms. The zero-order valence-electron chi connectivity index (χ0n) is 19.5. The van der Waals surface area contributed by atoms with Gasteiger partial charge >= 0.3 is 0 Å². The number of ether oxygens (including phenoxy) is 1. The van der Waals surface area contributed by atoms with Crippen molar-refractivity contribution in [3.63, 3.8) is 0 Å². The van der Waals surface area contributed by atoms with E-state index >= 15 is 0 Å². The molecule has 1 aliphatic rings. The second-order valence-electron chi connectivity index (χ2n) is 8.94. The highest BCUT2D eigenvalue weighted by Crippen LogP contribution is 2.38. The van der Waals surface area contributed by atoms with Gasteiger partial charge in [0.25, 0.3) is 0 Å². The molecule has 1 aromatic heterocycles. The van der Waals surface area contributed by atoms with Crippen LogP contribution in [0, 0.1) is 6.92 Å². The van der Waals surface area contributed by atoms with Gasteiger partial charge in [-0.05, 0) is 78.0 Å². The molecule has 0 amide bonds. The second-order valence-corrected chi connectivity index (χ2v) is 10.9. The van der Waals surface area contributed by atoms with Crippen LogP contribution in [0.1, 0.15) is 29.7 Å². The lowest BCUT2D eigenvalue weighted by Gasteiger charge is -2.24. The van der Waals surface area contributed by atoms with E-state index in [4.69, 9.17) is 16.3 Å². The average molecular weight is 493 g/mol. The Hall–Kier alpha value is -2.44. The predicted octanol–water partition coefficient (Wildman–Crippen LogP) is 6.41. The Morgan fingerprint density at radius 2 is 1.82 bits per heavy atom. The molecule has 5 rings (SSSR count). The van der Waals surface area contributed by atoms with Crippen LogP contribution in [-0.4, -0.2) is 28.4 Å². The minimum atomic E-state index is -0.945. The number of methoxy groups -OCH3 is 1. The fourth-order valence-corrected chi connectivity index (χ4v) is 6.12. The highest BCUT2D eigenvalue weighted by atomic mass is 35.5. The molecule has 0 saturated carbocycles. The number of hydrogen-bond acceptors (Lipinski definition) is 3. The Morgan fingerprint density at radius 1 is 1.06 bits per heavy atom. The lowest BCUT2D eigenvalue weighted by atomic mass is 9.94. The molecular formula is C28H29ClN2O2S. The van der Waals surface area contributed by atoms with Crippen LogP contribution in [0.3, 0.4) is 0 Å². The van der Waals surface area contributed by atoms with Crippen molar-refractivity contribution in [2.75, 3.05) is 12.9 Å². The van der Waals surface area contributed by atoms with Gasteiger partial charge in [-0.15, -0.1) is 0 Å². The van der Waals surface area contributed by atoms with Gasteiger partial charge in [-0.25, -0.2) is 0 Å². The lowest BCUT2D eigenvalue weighted by molar-refractivity contribution is 0.415. The summed E-state index contributed by atoms with van der Waals surface area (Å²) in [6.45, 7) is 2.84. The number of rotatable bonds is 7. The summed E-state index contributed by atoms with van der Waals surface area (Å²) in [6.07, 6.45) is 2.83. The van der Waals surface area contributed by atoms with Gasteiger partial charge in [-0.2, -0.15) is 0 Å². The first-order valence-electron chi connectivity index (χ1n) is 11.7. The van der Waals surface area contributed by atoms with Gasteiger partial charge in [-0.1, -0.05) is 47.5 Å². The molecule has 1 aliphatic heterocycles. The molecule has 176 valence electrons. The summed E-state index contributed by atoms with van der Waals surface area (Å²) >= 11 is 5.66. The van der Waals surface area contributed by atoms with Crippen LogP contribution in [0.4, 0.5) is 0 Å². The zero-order chi connectivity index (χ0) is 23.7. The summed E-state index contributed by atoms with van der Waals surface area (Å²) in [4.78, 5) is 4.54. The Bertz CT molecular complexity index is 1280. The van der Waals surface area contributed by atoms with Gasteiger partial charge < -0.3 is 19.6 Å². The van der Waals surface area contributed by atoms with Crippen molar-refractivity contribution < 1.29 is 9.29 Å². The molecule has 34 heavy (non-hydrogen) atoms. The summed E-state index contributed by atoms with van der Waals surface area (Å²) in [5.74, 6) is 1.53. The van der Waals surface area contributed by atoms with Gasteiger partial charge in [0, 0.05) is 30.1 Å². The molecule has 6 heteroatoms. The van der Waals surface area contributed by atoms with Gasteiger partial charge in [0.2, 0.25) is 0 Å². The van der Waals surface area contributed by atoms with Crippen molar-refractivity contribution in [1.29, 1.82) is 0 Å². The van der Waals surface area contributed by atoms with E-state index in [0.29, 0.717) is 11.8 Å². The molecule has 2 N–H and O–H groups in total. The van der Waals surface area contributed by atoms with Crippen LogP contribution in [0.2, 0.25) is 5.02 Å². The van der Waals surface area contributed by atoms with Crippen molar-refractivity contribution in [3.05, 3.63) is 82.5 Å². The minimum absolute atomic E-state index is 0.360. The number of halogens is 1. The first-order chi connectivity index (χ1) is 16.5. The van der Waals surface area contributed by atoms with E-state index in [1.165, 1.54) is 27.8 Å². The van der Waals surface area contributed by atoms with Crippen molar-refractivity contribution in [3.8, 4) is 16.9 Å². The number of H-pyrrole nitrogens is 1. The van der Waals surface area contributed by atoms with E-state index in [-0.39, 0.29) is 0 Å². The summed E-state index contributed by atoms with van der Waals surface area (Å²) in [5.41, 5.74) is 7.06. The summed E-state index contributed by atoms with van der Waals surface area (Å²) in [7, 11) is 1.68. The lowest BCUT2D eigenvalue weighted by Crippen LogP contribution is -2.35. The van der Waals surface area contributed by atoms with E-state index in [1.54, 1.807) is 7.11 Å². The third-order valence-electron chi connectivity index (χ3n) is 6.68. The molecular weight excluding hydrogens is 464 g/mol. The zero-order valence-corrected chi connectivity index (χ0v) is 21.1. The molecule has 4 nitrogen and oxygen atoms in total. The SMILES string of the molecule is COc1ccc(-c2ccc(Cl)c3[nH]c4c(c23)CNC(CCC[S+]([O-])c2ccc(C)cc2)C4)cc1. The number of aryl methyl sites for hydroxylation is 1. The monoisotopic (exact) mass is 492 g/mol. The fraction of sp³-hybridized carbons (Fsp3) is 0.286. The highest BCUT2D eigenvalue weighted by Gasteiger charge is 2.25. The molecule has 2 unspecified atom stereocenters. The molecule has 0 bridgehead atoms.